The van der Waals surface area contributed by atoms with E-state index in [-0.39, 0.29) is 7.92 Å². The number of hydrogen-bond donors (Lipinski definition) is 1. The number of benzene rings is 2. The normalized spacial score (nSPS) is 11.1. The molecular formula is C18H24NP. The molecule has 2 aromatic carbocycles. The van der Waals surface area contributed by atoms with Crippen molar-refractivity contribution in [1.82, 2.24) is 0 Å². The lowest BCUT2D eigenvalue weighted by molar-refractivity contribution is 1.14. The van der Waals surface area contributed by atoms with Crippen LogP contribution < -0.4 is 16.3 Å². The van der Waals surface area contributed by atoms with Gasteiger partial charge in [-0.3, -0.25) is 0 Å². The summed E-state index contributed by atoms with van der Waals surface area (Å²) in [7, 11) is -0.342. The zero-order valence-electron chi connectivity index (χ0n) is 12.9. The fraction of sp³-hybridized carbons (Fsp3) is 0.333. The molecule has 0 fully saturated rings. The Morgan fingerprint density at radius 2 is 1.25 bits per heavy atom. The maximum absolute atomic E-state index is 5.88. The minimum absolute atomic E-state index is 0.342. The molecular weight excluding hydrogens is 261 g/mol. The molecule has 0 atom stereocenters. The average molecular weight is 285 g/mol. The molecule has 0 aromatic heterocycles. The van der Waals surface area contributed by atoms with Crippen LogP contribution in [0, 0.1) is 27.7 Å². The van der Waals surface area contributed by atoms with Gasteiger partial charge in [0.15, 0.2) is 0 Å². The first-order valence-electron chi connectivity index (χ1n) is 7.15. The molecule has 106 valence electrons. The molecule has 0 unspecified atom stereocenters. The Kier molecular flexibility index (Phi) is 4.96. The van der Waals surface area contributed by atoms with E-state index in [4.69, 9.17) is 5.73 Å². The van der Waals surface area contributed by atoms with E-state index in [0.29, 0.717) is 0 Å². The highest BCUT2D eigenvalue weighted by Crippen LogP contribution is 2.35. The molecule has 0 amide bonds. The van der Waals surface area contributed by atoms with Crippen molar-refractivity contribution >= 4 is 18.5 Å². The minimum atomic E-state index is -0.342. The molecule has 0 bridgehead atoms. The zero-order chi connectivity index (χ0) is 14.7. The molecule has 20 heavy (non-hydrogen) atoms. The summed E-state index contributed by atoms with van der Waals surface area (Å²) in [5.41, 5.74) is 11.3. The van der Waals surface area contributed by atoms with Gasteiger partial charge in [0.25, 0.3) is 0 Å². The Hall–Kier alpha value is -1.17. The number of nitrogens with two attached hydrogens (primary N) is 1. The van der Waals surface area contributed by atoms with Crippen LogP contribution in [0.5, 0.6) is 0 Å². The van der Waals surface area contributed by atoms with Crippen LogP contribution >= 0.6 is 7.92 Å². The average Bonchev–Trinajstić information content (AvgIpc) is 2.37. The Bertz CT molecular complexity index is 553. The van der Waals surface area contributed by atoms with Crippen LogP contribution in [0.25, 0.3) is 0 Å². The van der Waals surface area contributed by atoms with E-state index in [0.717, 1.165) is 12.7 Å². The van der Waals surface area contributed by atoms with Gasteiger partial charge in [-0.2, -0.15) is 0 Å². The second-order valence-electron chi connectivity index (χ2n) is 5.52. The zero-order valence-corrected chi connectivity index (χ0v) is 13.8. The number of rotatable bonds is 4. The summed E-state index contributed by atoms with van der Waals surface area (Å²) in [6.07, 6.45) is 1.06. The topological polar surface area (TPSA) is 26.0 Å². The lowest BCUT2D eigenvalue weighted by Gasteiger charge is -2.22. The van der Waals surface area contributed by atoms with Gasteiger partial charge in [0, 0.05) is 0 Å². The molecule has 0 radical (unpaired) electrons. The van der Waals surface area contributed by atoms with E-state index in [1.807, 2.05) is 0 Å². The van der Waals surface area contributed by atoms with Gasteiger partial charge < -0.3 is 5.73 Å². The second kappa shape index (κ2) is 6.52. The SMILES string of the molecule is Cc1ccc(P(CCN)c2ccc(C)cc2C)c(C)c1. The fourth-order valence-electron chi connectivity index (χ4n) is 2.72. The molecule has 0 saturated carbocycles. The maximum Gasteiger partial charge on any atom is -0.00318 e. The van der Waals surface area contributed by atoms with Crippen LogP contribution in [0.2, 0.25) is 0 Å². The van der Waals surface area contributed by atoms with Gasteiger partial charge in [0.1, 0.15) is 0 Å². The smallest absolute Gasteiger partial charge is 0.00318 e. The Balaban J connectivity index is 2.50. The lowest BCUT2D eigenvalue weighted by Crippen LogP contribution is -2.22. The number of aryl methyl sites for hydroxylation is 4. The van der Waals surface area contributed by atoms with Crippen molar-refractivity contribution in [1.29, 1.82) is 0 Å². The van der Waals surface area contributed by atoms with Crippen LogP contribution in [0.4, 0.5) is 0 Å². The van der Waals surface area contributed by atoms with Gasteiger partial charge in [0.05, 0.1) is 0 Å². The molecule has 2 aromatic rings. The molecule has 2 N–H and O–H groups in total. The Labute approximate surface area is 124 Å². The summed E-state index contributed by atoms with van der Waals surface area (Å²) in [5, 5.41) is 2.95. The molecule has 0 spiro atoms. The van der Waals surface area contributed by atoms with Crippen LogP contribution in [0.1, 0.15) is 22.3 Å². The highest BCUT2D eigenvalue weighted by Gasteiger charge is 2.17. The van der Waals surface area contributed by atoms with Crippen LogP contribution in [0.15, 0.2) is 36.4 Å². The van der Waals surface area contributed by atoms with Crippen molar-refractivity contribution in [2.45, 2.75) is 27.7 Å². The third-order valence-electron chi connectivity index (χ3n) is 3.64. The first-order chi connectivity index (χ1) is 9.52. The van der Waals surface area contributed by atoms with E-state index in [1.165, 1.54) is 32.9 Å². The van der Waals surface area contributed by atoms with E-state index < -0.39 is 0 Å². The van der Waals surface area contributed by atoms with Crippen molar-refractivity contribution in [3.63, 3.8) is 0 Å². The Morgan fingerprint density at radius 1 is 0.800 bits per heavy atom. The third-order valence-corrected chi connectivity index (χ3v) is 6.51. The van der Waals surface area contributed by atoms with E-state index >= 15 is 0 Å². The Morgan fingerprint density at radius 3 is 1.60 bits per heavy atom. The maximum atomic E-state index is 5.88. The van der Waals surface area contributed by atoms with Gasteiger partial charge in [-0.05, 0) is 70.1 Å². The van der Waals surface area contributed by atoms with E-state index in [2.05, 4.69) is 64.1 Å². The summed E-state index contributed by atoms with van der Waals surface area (Å²) in [6.45, 7) is 9.49. The largest absolute Gasteiger partial charge is 0.330 e. The van der Waals surface area contributed by atoms with Crippen molar-refractivity contribution in [3.05, 3.63) is 58.7 Å². The lowest BCUT2D eigenvalue weighted by atomic mass is 10.2. The van der Waals surface area contributed by atoms with Gasteiger partial charge >= 0.3 is 0 Å². The second-order valence-corrected chi connectivity index (χ2v) is 7.79. The van der Waals surface area contributed by atoms with Gasteiger partial charge in [-0.1, -0.05) is 47.5 Å². The minimum Gasteiger partial charge on any atom is -0.330 e. The van der Waals surface area contributed by atoms with Gasteiger partial charge in [0.2, 0.25) is 0 Å². The predicted octanol–water partition coefficient (Wildman–Crippen LogP) is 3.31. The predicted molar refractivity (Wildman–Crippen MR) is 91.9 cm³/mol. The van der Waals surface area contributed by atoms with Crippen molar-refractivity contribution in [3.8, 4) is 0 Å². The van der Waals surface area contributed by atoms with Gasteiger partial charge in [-0.15, -0.1) is 0 Å². The molecule has 0 aliphatic carbocycles. The van der Waals surface area contributed by atoms with Crippen molar-refractivity contribution in [2.24, 2.45) is 5.73 Å². The molecule has 2 rings (SSSR count). The quantitative estimate of drug-likeness (QED) is 0.857. The first kappa shape index (κ1) is 15.2. The molecule has 1 nitrogen and oxygen atoms in total. The summed E-state index contributed by atoms with van der Waals surface area (Å²) >= 11 is 0. The summed E-state index contributed by atoms with van der Waals surface area (Å²) in [4.78, 5) is 0. The first-order valence-corrected chi connectivity index (χ1v) is 8.67. The van der Waals surface area contributed by atoms with Crippen LogP contribution in [-0.4, -0.2) is 12.7 Å². The molecule has 0 aliphatic heterocycles. The summed E-state index contributed by atoms with van der Waals surface area (Å²) in [5.74, 6) is 0. The molecule has 0 saturated heterocycles. The highest BCUT2D eigenvalue weighted by molar-refractivity contribution is 7.73. The third kappa shape index (κ3) is 3.29. The highest BCUT2D eigenvalue weighted by atomic mass is 31.1. The van der Waals surface area contributed by atoms with Crippen LogP contribution in [0.3, 0.4) is 0 Å². The van der Waals surface area contributed by atoms with E-state index in [1.54, 1.807) is 0 Å². The molecule has 0 heterocycles. The van der Waals surface area contributed by atoms with Crippen LogP contribution in [-0.2, 0) is 0 Å². The fourth-order valence-corrected chi connectivity index (χ4v) is 5.21. The summed E-state index contributed by atoms with van der Waals surface area (Å²) < 4.78 is 0. The monoisotopic (exact) mass is 285 g/mol. The van der Waals surface area contributed by atoms with Crippen molar-refractivity contribution in [2.75, 3.05) is 12.7 Å². The standard InChI is InChI=1S/C18H24NP/c1-13-5-7-17(15(3)11-13)20(10-9-19)18-8-6-14(2)12-16(18)4/h5-8,11-12H,9-10,19H2,1-4H3. The molecule has 0 aliphatic rings. The summed E-state index contributed by atoms with van der Waals surface area (Å²) in [6, 6.07) is 13.6. The van der Waals surface area contributed by atoms with E-state index in [9.17, 15) is 0 Å². The van der Waals surface area contributed by atoms with Gasteiger partial charge in [-0.25, -0.2) is 0 Å². The van der Waals surface area contributed by atoms with Crippen molar-refractivity contribution < 1.29 is 0 Å². The number of hydrogen-bond acceptors (Lipinski definition) is 1. The molecule has 2 heteroatoms.